The number of nitrogens with zero attached hydrogens (tertiary/aromatic N) is 4. The van der Waals surface area contributed by atoms with Crippen LogP contribution in [0.15, 0.2) is 18.6 Å². The van der Waals surface area contributed by atoms with Crippen LogP contribution in [0.1, 0.15) is 37.9 Å². The monoisotopic (exact) mass is 275 g/mol. The third-order valence-electron chi connectivity index (χ3n) is 3.18. The van der Waals surface area contributed by atoms with Crippen LogP contribution >= 0.6 is 0 Å². The molecule has 0 bridgehead atoms. The summed E-state index contributed by atoms with van der Waals surface area (Å²) in [5.41, 5.74) is 3.38. The Hall–Kier alpha value is -1.62. The molecule has 0 atom stereocenters. The van der Waals surface area contributed by atoms with E-state index in [1.807, 2.05) is 17.9 Å². The molecule has 2 heterocycles. The number of hydrogen-bond donors (Lipinski definition) is 1. The maximum Gasteiger partial charge on any atom is 0.0953 e. The van der Waals surface area contributed by atoms with Crippen LogP contribution < -0.4 is 5.32 Å². The predicted molar refractivity (Wildman–Crippen MR) is 80.5 cm³/mol. The van der Waals surface area contributed by atoms with Gasteiger partial charge in [0.05, 0.1) is 30.0 Å². The van der Waals surface area contributed by atoms with Crippen LogP contribution in [0.2, 0.25) is 0 Å². The van der Waals surface area contributed by atoms with E-state index < -0.39 is 0 Å². The summed E-state index contributed by atoms with van der Waals surface area (Å²) in [5, 5.41) is 7.88. The van der Waals surface area contributed by atoms with Crippen molar-refractivity contribution in [3.63, 3.8) is 0 Å². The molecule has 110 valence electrons. The minimum Gasteiger partial charge on any atom is -0.331 e. The van der Waals surface area contributed by atoms with Crippen LogP contribution in [0, 0.1) is 12.8 Å². The molecule has 0 radical (unpaired) electrons. The molecule has 5 heteroatoms. The Kier molecular flexibility index (Phi) is 4.95. The predicted octanol–water partition coefficient (Wildman–Crippen LogP) is 2.20. The van der Waals surface area contributed by atoms with Gasteiger partial charge in [-0.15, -0.1) is 0 Å². The van der Waals surface area contributed by atoms with Gasteiger partial charge in [-0.2, -0.15) is 5.10 Å². The summed E-state index contributed by atoms with van der Waals surface area (Å²) in [6, 6.07) is 2.14. The summed E-state index contributed by atoms with van der Waals surface area (Å²) in [6.45, 7) is 12.1. The highest BCUT2D eigenvalue weighted by atomic mass is 15.3. The second kappa shape index (κ2) is 6.70. The van der Waals surface area contributed by atoms with E-state index in [0.717, 1.165) is 37.6 Å². The van der Waals surface area contributed by atoms with E-state index in [9.17, 15) is 0 Å². The van der Waals surface area contributed by atoms with Gasteiger partial charge in [0.1, 0.15) is 0 Å². The molecule has 20 heavy (non-hydrogen) atoms. The molecule has 2 aromatic rings. The third-order valence-corrected chi connectivity index (χ3v) is 3.18. The lowest BCUT2D eigenvalue weighted by Crippen LogP contribution is -2.19. The minimum atomic E-state index is 0.666. The van der Waals surface area contributed by atoms with Gasteiger partial charge in [0.2, 0.25) is 0 Å². The van der Waals surface area contributed by atoms with Crippen molar-refractivity contribution in [2.45, 2.75) is 47.3 Å². The fourth-order valence-electron chi connectivity index (χ4n) is 2.26. The van der Waals surface area contributed by atoms with Gasteiger partial charge in [-0.05, 0) is 32.4 Å². The molecule has 0 saturated heterocycles. The van der Waals surface area contributed by atoms with E-state index in [4.69, 9.17) is 0 Å². The third kappa shape index (κ3) is 3.93. The van der Waals surface area contributed by atoms with E-state index in [1.54, 1.807) is 0 Å². The molecular formula is C15H25N5. The van der Waals surface area contributed by atoms with E-state index in [2.05, 4.69) is 53.0 Å². The van der Waals surface area contributed by atoms with Crippen molar-refractivity contribution in [3.8, 4) is 0 Å². The normalized spacial score (nSPS) is 11.4. The van der Waals surface area contributed by atoms with Gasteiger partial charge >= 0.3 is 0 Å². The lowest BCUT2D eigenvalue weighted by molar-refractivity contribution is 0.548. The molecule has 0 aliphatic rings. The van der Waals surface area contributed by atoms with Gasteiger partial charge in [-0.3, -0.25) is 4.68 Å². The molecule has 0 amide bonds. The lowest BCUT2D eigenvalue weighted by atomic mass is 10.2. The first kappa shape index (κ1) is 14.8. The van der Waals surface area contributed by atoms with E-state index >= 15 is 0 Å². The van der Waals surface area contributed by atoms with Gasteiger partial charge in [0.25, 0.3) is 0 Å². The molecule has 2 aromatic heterocycles. The highest BCUT2D eigenvalue weighted by Gasteiger charge is 2.06. The second-order valence-corrected chi connectivity index (χ2v) is 5.65. The SMILES string of the molecule is CCn1nc(C)cc1Cn1cnc(CNCC(C)C)c1. The molecule has 0 saturated carbocycles. The maximum absolute atomic E-state index is 4.47. The topological polar surface area (TPSA) is 47.7 Å². The summed E-state index contributed by atoms with van der Waals surface area (Å²) in [6.07, 6.45) is 4.00. The van der Waals surface area contributed by atoms with Gasteiger partial charge in [-0.25, -0.2) is 4.98 Å². The number of imidazole rings is 1. The number of nitrogens with one attached hydrogen (secondary N) is 1. The van der Waals surface area contributed by atoms with Gasteiger partial charge in [0, 0.05) is 19.3 Å². The van der Waals surface area contributed by atoms with Crippen molar-refractivity contribution >= 4 is 0 Å². The molecule has 0 aliphatic heterocycles. The van der Waals surface area contributed by atoms with Crippen LogP contribution in [-0.4, -0.2) is 25.9 Å². The molecule has 1 N–H and O–H groups in total. The Morgan fingerprint density at radius 1 is 1.35 bits per heavy atom. The highest BCUT2D eigenvalue weighted by molar-refractivity contribution is 5.10. The Morgan fingerprint density at radius 2 is 2.15 bits per heavy atom. The standard InChI is InChI=1S/C15H25N5/c1-5-20-15(6-13(4)18-20)10-19-9-14(17-11-19)8-16-7-12(2)3/h6,9,11-12,16H,5,7-8,10H2,1-4H3. The van der Waals surface area contributed by atoms with Crippen LogP contribution in [0.3, 0.4) is 0 Å². The van der Waals surface area contributed by atoms with Crippen molar-refractivity contribution in [3.05, 3.63) is 35.7 Å². The van der Waals surface area contributed by atoms with E-state index in [-0.39, 0.29) is 0 Å². The van der Waals surface area contributed by atoms with E-state index in [1.165, 1.54) is 5.69 Å². The molecule has 0 fully saturated rings. The first-order valence-corrected chi connectivity index (χ1v) is 7.33. The molecule has 2 rings (SSSR count). The maximum atomic E-state index is 4.47. The summed E-state index contributed by atoms with van der Waals surface area (Å²) in [7, 11) is 0. The zero-order valence-electron chi connectivity index (χ0n) is 12.9. The average Bonchev–Trinajstić information content (AvgIpc) is 2.96. The Morgan fingerprint density at radius 3 is 2.85 bits per heavy atom. The molecule has 0 aliphatic carbocycles. The summed E-state index contributed by atoms with van der Waals surface area (Å²) in [4.78, 5) is 4.44. The zero-order valence-corrected chi connectivity index (χ0v) is 12.9. The number of hydrogen-bond acceptors (Lipinski definition) is 3. The van der Waals surface area contributed by atoms with Crippen LogP contribution in [0.5, 0.6) is 0 Å². The minimum absolute atomic E-state index is 0.666. The molecule has 5 nitrogen and oxygen atoms in total. The molecule has 0 spiro atoms. The van der Waals surface area contributed by atoms with Gasteiger partial charge in [-0.1, -0.05) is 13.8 Å². The van der Waals surface area contributed by atoms with Crippen LogP contribution in [0.4, 0.5) is 0 Å². The van der Waals surface area contributed by atoms with Crippen molar-refractivity contribution < 1.29 is 0 Å². The van der Waals surface area contributed by atoms with Crippen LogP contribution in [0.25, 0.3) is 0 Å². The average molecular weight is 275 g/mol. The largest absolute Gasteiger partial charge is 0.331 e. The number of rotatable bonds is 7. The van der Waals surface area contributed by atoms with Crippen molar-refractivity contribution in [2.24, 2.45) is 5.92 Å². The summed E-state index contributed by atoms with van der Waals surface area (Å²) < 4.78 is 4.17. The van der Waals surface area contributed by atoms with Crippen molar-refractivity contribution in [1.82, 2.24) is 24.6 Å². The van der Waals surface area contributed by atoms with E-state index in [0.29, 0.717) is 5.92 Å². The van der Waals surface area contributed by atoms with Crippen LogP contribution in [-0.2, 0) is 19.6 Å². The fraction of sp³-hybridized carbons (Fsp3) is 0.600. The molecule has 0 aromatic carbocycles. The smallest absolute Gasteiger partial charge is 0.0953 e. The first-order valence-electron chi connectivity index (χ1n) is 7.33. The fourth-order valence-corrected chi connectivity index (χ4v) is 2.26. The Balaban J connectivity index is 1.95. The molecule has 0 unspecified atom stereocenters. The number of aromatic nitrogens is 4. The van der Waals surface area contributed by atoms with Crippen molar-refractivity contribution in [1.29, 1.82) is 0 Å². The zero-order chi connectivity index (χ0) is 14.5. The number of aryl methyl sites for hydroxylation is 2. The van der Waals surface area contributed by atoms with Gasteiger partial charge < -0.3 is 9.88 Å². The quantitative estimate of drug-likeness (QED) is 0.842. The highest BCUT2D eigenvalue weighted by Crippen LogP contribution is 2.07. The lowest BCUT2D eigenvalue weighted by Gasteiger charge is -2.06. The summed E-state index contributed by atoms with van der Waals surface area (Å²) >= 11 is 0. The second-order valence-electron chi connectivity index (χ2n) is 5.65. The molecular weight excluding hydrogens is 250 g/mol. The summed E-state index contributed by atoms with van der Waals surface area (Å²) in [5.74, 6) is 0.666. The van der Waals surface area contributed by atoms with Gasteiger partial charge in [0.15, 0.2) is 0 Å². The first-order chi connectivity index (χ1) is 9.58. The Bertz CT molecular complexity index is 538. The Labute approximate surface area is 121 Å². The van der Waals surface area contributed by atoms with Crippen molar-refractivity contribution in [2.75, 3.05) is 6.54 Å².